The van der Waals surface area contributed by atoms with Gasteiger partial charge in [-0.15, -0.1) is 0 Å². The molecule has 0 bridgehead atoms. The lowest BCUT2D eigenvalue weighted by molar-refractivity contribution is -0.141. The van der Waals surface area contributed by atoms with Gasteiger partial charge in [-0.2, -0.15) is 0 Å². The predicted octanol–water partition coefficient (Wildman–Crippen LogP) is 5.15. The summed E-state index contributed by atoms with van der Waals surface area (Å²) >= 11 is 5.93. The zero-order valence-electron chi connectivity index (χ0n) is 16.6. The van der Waals surface area contributed by atoms with Crippen molar-refractivity contribution in [2.45, 2.75) is 6.42 Å². The number of hydrogen-bond donors (Lipinski definition) is 0. The zero-order chi connectivity index (χ0) is 21.8. The first-order valence-corrected chi connectivity index (χ1v) is 10.2. The number of para-hydroxylation sites is 1. The molecule has 0 saturated carbocycles. The van der Waals surface area contributed by atoms with Crippen LogP contribution in [-0.4, -0.2) is 25.0 Å². The Bertz CT molecular complexity index is 1140. The predicted molar refractivity (Wildman–Crippen MR) is 119 cm³/mol. The number of halogens is 2. The Labute approximate surface area is 184 Å². The highest BCUT2D eigenvalue weighted by molar-refractivity contribution is 6.30. The topological polar surface area (TPSA) is 46.6 Å². The van der Waals surface area contributed by atoms with Crippen molar-refractivity contribution in [3.63, 3.8) is 0 Å². The normalized spacial score (nSPS) is 13.1. The van der Waals surface area contributed by atoms with Gasteiger partial charge in [0.05, 0.1) is 5.57 Å². The van der Waals surface area contributed by atoms with E-state index in [1.807, 2.05) is 24.3 Å². The molecule has 0 fully saturated rings. The molecule has 31 heavy (non-hydrogen) atoms. The smallest absolute Gasteiger partial charge is 0.339 e. The minimum atomic E-state index is -0.664. The standard InChI is InChI=1S/C25H19ClFNO3/c26-20-9-5-17(6-10-20)15-22(18-7-11-21(27)12-8-18)25(30)31-16-24(29)28-14-13-19-3-1-2-4-23(19)28/h1-12,15H,13-14,16H2/b22-15-. The van der Waals surface area contributed by atoms with Gasteiger partial charge in [0.1, 0.15) is 5.82 Å². The maximum atomic E-state index is 13.4. The van der Waals surface area contributed by atoms with Crippen LogP contribution >= 0.6 is 11.6 Å². The van der Waals surface area contributed by atoms with Gasteiger partial charge in [0.25, 0.3) is 5.91 Å². The molecule has 4 nitrogen and oxygen atoms in total. The van der Waals surface area contributed by atoms with Crippen LogP contribution in [-0.2, 0) is 20.7 Å². The molecule has 0 atom stereocenters. The molecule has 0 aliphatic carbocycles. The van der Waals surface area contributed by atoms with E-state index in [4.69, 9.17) is 16.3 Å². The summed E-state index contributed by atoms with van der Waals surface area (Å²) in [4.78, 5) is 27.2. The summed E-state index contributed by atoms with van der Waals surface area (Å²) in [7, 11) is 0. The monoisotopic (exact) mass is 435 g/mol. The van der Waals surface area contributed by atoms with E-state index in [1.54, 1.807) is 35.2 Å². The third kappa shape index (κ3) is 4.84. The molecule has 3 aromatic rings. The Hall–Kier alpha value is -3.44. The van der Waals surface area contributed by atoms with Crippen molar-refractivity contribution in [3.05, 3.63) is 100 Å². The van der Waals surface area contributed by atoms with E-state index in [1.165, 1.54) is 24.3 Å². The fourth-order valence-corrected chi connectivity index (χ4v) is 3.62. The Morgan fingerprint density at radius 1 is 1.00 bits per heavy atom. The number of benzene rings is 3. The summed E-state index contributed by atoms with van der Waals surface area (Å²) in [5, 5.41) is 0.569. The number of esters is 1. The number of carbonyl (C=O) groups is 2. The van der Waals surface area contributed by atoms with Gasteiger partial charge < -0.3 is 9.64 Å². The van der Waals surface area contributed by atoms with Gasteiger partial charge in [-0.25, -0.2) is 9.18 Å². The largest absolute Gasteiger partial charge is 0.452 e. The maximum absolute atomic E-state index is 13.4. The molecule has 0 unspecified atom stereocenters. The minimum Gasteiger partial charge on any atom is -0.452 e. The second-order valence-corrected chi connectivity index (χ2v) is 7.55. The summed E-state index contributed by atoms with van der Waals surface area (Å²) in [5.41, 5.74) is 3.37. The van der Waals surface area contributed by atoms with Gasteiger partial charge in [-0.3, -0.25) is 4.79 Å². The highest BCUT2D eigenvalue weighted by atomic mass is 35.5. The third-order valence-electron chi connectivity index (χ3n) is 5.07. The van der Waals surface area contributed by atoms with Crippen molar-refractivity contribution in [2.75, 3.05) is 18.1 Å². The van der Waals surface area contributed by atoms with Crippen molar-refractivity contribution in [3.8, 4) is 0 Å². The van der Waals surface area contributed by atoms with Gasteiger partial charge in [-0.1, -0.05) is 54.1 Å². The molecule has 1 aliphatic rings. The summed E-state index contributed by atoms with van der Waals surface area (Å²) < 4.78 is 18.7. The number of nitrogens with zero attached hydrogens (tertiary/aromatic N) is 1. The van der Waals surface area contributed by atoms with Crippen LogP contribution in [0.15, 0.2) is 72.8 Å². The molecule has 3 aromatic carbocycles. The van der Waals surface area contributed by atoms with Crippen LogP contribution in [0.25, 0.3) is 11.6 Å². The number of amides is 1. The van der Waals surface area contributed by atoms with Gasteiger partial charge in [-0.05, 0) is 59.5 Å². The Kier molecular flexibility index (Phi) is 6.14. The lowest BCUT2D eigenvalue weighted by Gasteiger charge is -2.17. The van der Waals surface area contributed by atoms with E-state index in [-0.39, 0.29) is 18.1 Å². The summed E-state index contributed by atoms with van der Waals surface area (Å²) in [5.74, 6) is -1.36. The highest BCUT2D eigenvalue weighted by Crippen LogP contribution is 2.28. The molecule has 156 valence electrons. The third-order valence-corrected chi connectivity index (χ3v) is 5.32. The van der Waals surface area contributed by atoms with Crippen LogP contribution in [0, 0.1) is 5.82 Å². The zero-order valence-corrected chi connectivity index (χ0v) is 17.3. The van der Waals surface area contributed by atoms with Crippen molar-refractivity contribution in [2.24, 2.45) is 0 Å². The lowest BCUT2D eigenvalue weighted by Crippen LogP contribution is -2.33. The van der Waals surface area contributed by atoms with Crippen molar-refractivity contribution in [1.29, 1.82) is 0 Å². The first-order chi connectivity index (χ1) is 15.0. The molecular weight excluding hydrogens is 417 g/mol. The van der Waals surface area contributed by atoms with Crippen LogP contribution in [0.5, 0.6) is 0 Å². The fraction of sp³-hybridized carbons (Fsp3) is 0.120. The summed E-state index contributed by atoms with van der Waals surface area (Å²) in [6.45, 7) is 0.174. The Morgan fingerprint density at radius 3 is 2.45 bits per heavy atom. The number of hydrogen-bond acceptors (Lipinski definition) is 3. The number of anilines is 1. The summed E-state index contributed by atoms with van der Waals surface area (Å²) in [6.07, 6.45) is 2.40. The van der Waals surface area contributed by atoms with Crippen LogP contribution in [0.3, 0.4) is 0 Å². The molecule has 1 amide bonds. The molecule has 0 N–H and O–H groups in total. The molecule has 6 heteroatoms. The van der Waals surface area contributed by atoms with E-state index >= 15 is 0 Å². The SMILES string of the molecule is O=C(OCC(=O)N1CCc2ccccc21)/C(=C\c1ccc(Cl)cc1)c1ccc(F)cc1. The van der Waals surface area contributed by atoms with Gasteiger partial charge >= 0.3 is 5.97 Å². The number of carbonyl (C=O) groups excluding carboxylic acids is 2. The molecular formula is C25H19ClFNO3. The van der Waals surface area contributed by atoms with Gasteiger partial charge in [0.15, 0.2) is 6.61 Å². The van der Waals surface area contributed by atoms with E-state index in [2.05, 4.69) is 0 Å². The number of rotatable bonds is 5. The first-order valence-electron chi connectivity index (χ1n) is 9.80. The Morgan fingerprint density at radius 2 is 1.71 bits per heavy atom. The summed E-state index contributed by atoms with van der Waals surface area (Å²) in [6, 6.07) is 20.1. The quantitative estimate of drug-likeness (QED) is 0.316. The van der Waals surface area contributed by atoms with E-state index in [9.17, 15) is 14.0 Å². The van der Waals surface area contributed by atoms with Gasteiger partial charge in [0.2, 0.25) is 0 Å². The molecule has 1 heterocycles. The number of fused-ring (bicyclic) bond motifs is 1. The van der Waals surface area contributed by atoms with Crippen LogP contribution in [0.4, 0.5) is 10.1 Å². The molecule has 1 aliphatic heterocycles. The van der Waals surface area contributed by atoms with Crippen molar-refractivity contribution in [1.82, 2.24) is 0 Å². The maximum Gasteiger partial charge on any atom is 0.339 e. The molecule has 0 saturated heterocycles. The van der Waals surface area contributed by atoms with Crippen LogP contribution < -0.4 is 4.90 Å². The lowest BCUT2D eigenvalue weighted by atomic mass is 10.0. The van der Waals surface area contributed by atoms with E-state index in [0.29, 0.717) is 17.1 Å². The van der Waals surface area contributed by atoms with Crippen LogP contribution in [0.1, 0.15) is 16.7 Å². The second-order valence-electron chi connectivity index (χ2n) is 7.12. The van der Waals surface area contributed by atoms with E-state index in [0.717, 1.165) is 23.2 Å². The average Bonchev–Trinajstić information content (AvgIpc) is 3.22. The molecule has 4 rings (SSSR count). The average molecular weight is 436 g/mol. The van der Waals surface area contributed by atoms with Crippen molar-refractivity contribution < 1.29 is 18.7 Å². The van der Waals surface area contributed by atoms with E-state index < -0.39 is 11.8 Å². The first kappa shape index (κ1) is 20.8. The van der Waals surface area contributed by atoms with Crippen molar-refractivity contribution >= 4 is 40.8 Å². The molecule has 0 radical (unpaired) electrons. The Balaban J connectivity index is 1.53. The number of ether oxygens (including phenoxy) is 1. The molecule has 0 spiro atoms. The second kappa shape index (κ2) is 9.14. The fourth-order valence-electron chi connectivity index (χ4n) is 3.50. The van der Waals surface area contributed by atoms with Gasteiger partial charge in [0, 0.05) is 17.3 Å². The van der Waals surface area contributed by atoms with Crippen LogP contribution in [0.2, 0.25) is 5.02 Å². The minimum absolute atomic E-state index is 0.219. The highest BCUT2D eigenvalue weighted by Gasteiger charge is 2.25. The molecule has 0 aromatic heterocycles.